The molecule has 29 heavy (non-hydrogen) atoms. The highest BCUT2D eigenvalue weighted by Gasteiger charge is 2.42. The highest BCUT2D eigenvalue weighted by atomic mass is 19.1. The van der Waals surface area contributed by atoms with Crippen LogP contribution in [0, 0.1) is 0 Å². The van der Waals surface area contributed by atoms with Crippen LogP contribution in [0.5, 0.6) is 0 Å². The van der Waals surface area contributed by atoms with E-state index in [1.165, 1.54) is 4.90 Å². The monoisotopic (exact) mass is 404 g/mol. The Balaban J connectivity index is 1.39. The van der Waals surface area contributed by atoms with Crippen LogP contribution in [0.4, 0.5) is 9.18 Å². The van der Waals surface area contributed by atoms with Crippen molar-refractivity contribution in [1.82, 2.24) is 19.4 Å². The van der Waals surface area contributed by atoms with E-state index in [2.05, 4.69) is 16.0 Å². The molecule has 1 aromatic heterocycles. The minimum absolute atomic E-state index is 0.0721. The zero-order chi connectivity index (χ0) is 20.9. The molecule has 2 unspecified atom stereocenters. The molecule has 2 atom stereocenters. The van der Waals surface area contributed by atoms with E-state index in [1.807, 2.05) is 32.9 Å². The van der Waals surface area contributed by atoms with Gasteiger partial charge >= 0.3 is 11.8 Å². The number of rotatable bonds is 2. The van der Waals surface area contributed by atoms with E-state index in [4.69, 9.17) is 4.74 Å². The zero-order valence-electron chi connectivity index (χ0n) is 17.4. The van der Waals surface area contributed by atoms with Crippen molar-refractivity contribution in [3.63, 3.8) is 0 Å². The van der Waals surface area contributed by atoms with Gasteiger partial charge in [0.05, 0.1) is 17.6 Å². The Morgan fingerprint density at radius 2 is 1.97 bits per heavy atom. The minimum atomic E-state index is -1.09. The number of fused-ring (bicyclic) bond motifs is 1. The fourth-order valence-corrected chi connectivity index (χ4v) is 4.44. The van der Waals surface area contributed by atoms with Crippen LogP contribution in [-0.2, 0) is 11.8 Å². The summed E-state index contributed by atoms with van der Waals surface area (Å²) in [6, 6.07) is 5.73. The van der Waals surface area contributed by atoms with Crippen LogP contribution in [0.15, 0.2) is 23.0 Å². The third-order valence-corrected chi connectivity index (χ3v) is 5.93. The van der Waals surface area contributed by atoms with Crippen LogP contribution in [0.2, 0.25) is 0 Å². The lowest BCUT2D eigenvalue weighted by Crippen LogP contribution is -2.60. The van der Waals surface area contributed by atoms with Gasteiger partial charge in [-0.25, -0.2) is 14.0 Å². The second kappa shape index (κ2) is 7.16. The second-order valence-corrected chi connectivity index (χ2v) is 9.18. The van der Waals surface area contributed by atoms with E-state index in [0.717, 1.165) is 29.7 Å². The highest BCUT2D eigenvalue weighted by molar-refractivity contribution is 5.79. The molecule has 2 aromatic rings. The molecular formula is C21H29FN4O3. The fraction of sp³-hybridized carbons (Fsp3) is 0.619. The van der Waals surface area contributed by atoms with E-state index in [-0.39, 0.29) is 24.2 Å². The molecule has 0 saturated carbocycles. The molecule has 2 saturated heterocycles. The first-order valence-corrected chi connectivity index (χ1v) is 10.2. The van der Waals surface area contributed by atoms with Crippen molar-refractivity contribution >= 4 is 17.1 Å². The molecule has 2 aliphatic rings. The van der Waals surface area contributed by atoms with Gasteiger partial charge in [0.25, 0.3) is 0 Å². The van der Waals surface area contributed by atoms with Crippen molar-refractivity contribution in [2.75, 3.05) is 26.2 Å². The number of carbonyl (C=O) groups is 1. The van der Waals surface area contributed by atoms with Gasteiger partial charge in [0.1, 0.15) is 11.8 Å². The number of amides is 1. The molecule has 1 N–H and O–H groups in total. The van der Waals surface area contributed by atoms with Gasteiger partial charge in [0.2, 0.25) is 0 Å². The Morgan fingerprint density at radius 1 is 1.24 bits per heavy atom. The molecule has 8 heteroatoms. The molecule has 0 aliphatic carbocycles. The van der Waals surface area contributed by atoms with E-state index >= 15 is 0 Å². The largest absolute Gasteiger partial charge is 0.444 e. The minimum Gasteiger partial charge on any atom is -0.444 e. The Labute approximate surface area is 169 Å². The fourth-order valence-electron chi connectivity index (χ4n) is 4.44. The van der Waals surface area contributed by atoms with Gasteiger partial charge < -0.3 is 14.6 Å². The number of benzene rings is 1. The Bertz CT molecular complexity index is 970. The third-order valence-electron chi connectivity index (χ3n) is 5.93. The van der Waals surface area contributed by atoms with Gasteiger partial charge in [-0.3, -0.25) is 9.47 Å². The maximum absolute atomic E-state index is 14.9. The average molecular weight is 404 g/mol. The van der Waals surface area contributed by atoms with Crippen molar-refractivity contribution in [3.05, 3.63) is 34.2 Å². The molecule has 2 fully saturated rings. The standard InChI is InChI=1S/C21H29FN4O3/c1-21(2,3)29-20(28)25-9-8-17(15(22)12-25)26-10-13(11-26)14-6-5-7-16-18(14)24(4)19(27)23-16/h5-7,13,15,17H,8-12H2,1-4H3,(H,23,27). The number of hydrogen-bond acceptors (Lipinski definition) is 4. The van der Waals surface area contributed by atoms with Gasteiger partial charge in [0.15, 0.2) is 0 Å². The lowest BCUT2D eigenvalue weighted by molar-refractivity contribution is -0.0227. The summed E-state index contributed by atoms with van der Waals surface area (Å²) >= 11 is 0. The number of hydrogen-bond donors (Lipinski definition) is 1. The first-order chi connectivity index (χ1) is 13.6. The lowest BCUT2D eigenvalue weighted by Gasteiger charge is -2.48. The summed E-state index contributed by atoms with van der Waals surface area (Å²) in [5.74, 6) is 0.274. The first kappa shape index (κ1) is 19.9. The topological polar surface area (TPSA) is 70.6 Å². The normalized spacial score (nSPS) is 24.0. The van der Waals surface area contributed by atoms with Crippen LogP contribution in [-0.4, -0.2) is 69.4 Å². The molecule has 0 radical (unpaired) electrons. The number of ether oxygens (including phenoxy) is 1. The van der Waals surface area contributed by atoms with Crippen LogP contribution in [0.3, 0.4) is 0 Å². The number of imidazole rings is 1. The highest BCUT2D eigenvalue weighted by Crippen LogP contribution is 2.35. The number of nitrogens with zero attached hydrogens (tertiary/aromatic N) is 3. The maximum Gasteiger partial charge on any atom is 0.410 e. The summed E-state index contributed by atoms with van der Waals surface area (Å²) in [4.78, 5) is 30.7. The van der Waals surface area contributed by atoms with Crippen molar-refractivity contribution < 1.29 is 13.9 Å². The van der Waals surface area contributed by atoms with Crippen molar-refractivity contribution in [2.24, 2.45) is 7.05 Å². The van der Waals surface area contributed by atoms with Crippen LogP contribution in [0.1, 0.15) is 38.7 Å². The van der Waals surface area contributed by atoms with E-state index in [9.17, 15) is 14.0 Å². The number of H-pyrrole nitrogens is 1. The second-order valence-electron chi connectivity index (χ2n) is 9.18. The number of alkyl halides is 1. The predicted molar refractivity (Wildman–Crippen MR) is 109 cm³/mol. The number of aromatic amines is 1. The summed E-state index contributed by atoms with van der Waals surface area (Å²) < 4.78 is 21.9. The number of aromatic nitrogens is 2. The van der Waals surface area contributed by atoms with E-state index < -0.39 is 17.9 Å². The molecule has 158 valence electrons. The molecule has 2 aliphatic heterocycles. The first-order valence-electron chi connectivity index (χ1n) is 10.2. The van der Waals surface area contributed by atoms with Gasteiger partial charge in [-0.1, -0.05) is 12.1 Å². The molecule has 3 heterocycles. The van der Waals surface area contributed by atoms with Crippen molar-refractivity contribution in [3.8, 4) is 0 Å². The summed E-state index contributed by atoms with van der Waals surface area (Å²) in [6.45, 7) is 7.53. The van der Waals surface area contributed by atoms with Gasteiger partial charge in [0, 0.05) is 38.6 Å². The number of carbonyl (C=O) groups excluding carboxylic acids is 1. The summed E-state index contributed by atoms with van der Waals surface area (Å²) in [5, 5.41) is 0. The van der Waals surface area contributed by atoms with Gasteiger partial charge in [-0.05, 0) is 38.8 Å². The number of para-hydroxylation sites is 1. The molecule has 0 spiro atoms. The summed E-state index contributed by atoms with van der Waals surface area (Å²) in [6.07, 6.45) is -0.940. The Morgan fingerprint density at radius 3 is 2.62 bits per heavy atom. The number of halogens is 1. The predicted octanol–water partition coefficient (Wildman–Crippen LogP) is 2.61. The third kappa shape index (κ3) is 3.77. The van der Waals surface area contributed by atoms with Crippen molar-refractivity contribution in [2.45, 2.75) is 50.9 Å². The lowest BCUT2D eigenvalue weighted by atomic mass is 9.87. The van der Waals surface area contributed by atoms with Gasteiger partial charge in [-0.2, -0.15) is 0 Å². The number of piperidine rings is 1. The van der Waals surface area contributed by atoms with Crippen molar-refractivity contribution in [1.29, 1.82) is 0 Å². The van der Waals surface area contributed by atoms with Crippen LogP contribution >= 0.6 is 0 Å². The average Bonchev–Trinajstić information content (AvgIpc) is 2.88. The number of nitrogens with one attached hydrogen (secondary N) is 1. The molecular weight excluding hydrogens is 375 g/mol. The van der Waals surface area contributed by atoms with E-state index in [1.54, 1.807) is 11.6 Å². The van der Waals surface area contributed by atoms with Crippen LogP contribution < -0.4 is 5.69 Å². The summed E-state index contributed by atoms with van der Waals surface area (Å²) in [7, 11) is 1.77. The maximum atomic E-state index is 14.9. The molecule has 4 rings (SSSR count). The number of aryl methyl sites for hydroxylation is 1. The molecule has 0 bridgehead atoms. The molecule has 1 amide bonds. The molecule has 1 aromatic carbocycles. The summed E-state index contributed by atoms with van der Waals surface area (Å²) in [5.41, 5.74) is 2.19. The van der Waals surface area contributed by atoms with Crippen LogP contribution in [0.25, 0.3) is 11.0 Å². The van der Waals surface area contributed by atoms with Gasteiger partial charge in [-0.15, -0.1) is 0 Å². The quantitative estimate of drug-likeness (QED) is 0.835. The number of likely N-dealkylation sites (tertiary alicyclic amines) is 2. The Kier molecular flexibility index (Phi) is 4.93. The van der Waals surface area contributed by atoms with E-state index in [0.29, 0.717) is 13.0 Å². The Hall–Kier alpha value is -2.35. The smallest absolute Gasteiger partial charge is 0.410 e. The zero-order valence-corrected chi connectivity index (χ0v) is 17.4. The SMILES string of the molecule is Cn1c(=O)[nH]c2cccc(C3CN(C4CCN(C(=O)OC(C)(C)C)CC4F)C3)c21. The molecule has 7 nitrogen and oxygen atoms in total.